The van der Waals surface area contributed by atoms with E-state index in [0.717, 1.165) is 24.0 Å². The van der Waals surface area contributed by atoms with Crippen LogP contribution in [0.25, 0.3) is 0 Å². The van der Waals surface area contributed by atoms with Crippen LogP contribution in [0.5, 0.6) is 0 Å². The Morgan fingerprint density at radius 3 is 2.53 bits per heavy atom. The molecular formula is C13H20FN. The Hall–Kier alpha value is -0.890. The van der Waals surface area contributed by atoms with Crippen molar-refractivity contribution in [2.45, 2.75) is 39.7 Å². The summed E-state index contributed by atoms with van der Waals surface area (Å²) in [6.45, 7) is 6.26. The highest BCUT2D eigenvalue weighted by Crippen LogP contribution is 2.14. The molecule has 2 N–H and O–H groups in total. The van der Waals surface area contributed by atoms with Crippen LogP contribution in [0.15, 0.2) is 18.2 Å². The van der Waals surface area contributed by atoms with Crippen molar-refractivity contribution < 1.29 is 4.39 Å². The second-order valence-corrected chi connectivity index (χ2v) is 4.66. The molecule has 15 heavy (non-hydrogen) atoms. The first-order valence-electron chi connectivity index (χ1n) is 5.49. The first-order valence-corrected chi connectivity index (χ1v) is 5.49. The van der Waals surface area contributed by atoms with Crippen molar-refractivity contribution >= 4 is 0 Å². The Kier molecular flexibility index (Phi) is 4.28. The molecule has 84 valence electrons. The topological polar surface area (TPSA) is 26.0 Å². The second kappa shape index (κ2) is 5.26. The van der Waals surface area contributed by atoms with Crippen LogP contribution in [-0.4, -0.2) is 6.04 Å². The zero-order valence-corrected chi connectivity index (χ0v) is 9.76. The number of rotatable bonds is 4. The molecule has 2 heteroatoms. The van der Waals surface area contributed by atoms with Crippen molar-refractivity contribution in [3.05, 3.63) is 35.1 Å². The number of hydrogen-bond acceptors (Lipinski definition) is 1. The fraction of sp³-hybridized carbons (Fsp3) is 0.538. The molecule has 1 nitrogen and oxygen atoms in total. The van der Waals surface area contributed by atoms with Crippen LogP contribution in [-0.2, 0) is 6.42 Å². The van der Waals surface area contributed by atoms with E-state index in [1.54, 1.807) is 6.07 Å². The van der Waals surface area contributed by atoms with E-state index in [-0.39, 0.29) is 11.9 Å². The molecule has 0 amide bonds. The molecule has 0 aromatic heterocycles. The van der Waals surface area contributed by atoms with Gasteiger partial charge >= 0.3 is 0 Å². The highest BCUT2D eigenvalue weighted by atomic mass is 19.1. The van der Waals surface area contributed by atoms with Gasteiger partial charge in [0.2, 0.25) is 0 Å². The van der Waals surface area contributed by atoms with Crippen molar-refractivity contribution in [2.75, 3.05) is 0 Å². The molecule has 1 rings (SSSR count). The third-order valence-corrected chi connectivity index (χ3v) is 2.56. The maximum absolute atomic E-state index is 12.9. The number of halogens is 1. The van der Waals surface area contributed by atoms with Crippen LogP contribution in [0.3, 0.4) is 0 Å². The standard InChI is InChI=1S/C13H20FN/c1-9(2)6-13(15)8-11-4-5-12(14)7-10(11)3/h4-5,7,9,13H,6,8,15H2,1-3H3. The minimum absolute atomic E-state index is 0.173. The van der Waals surface area contributed by atoms with E-state index in [1.165, 1.54) is 6.07 Å². The van der Waals surface area contributed by atoms with Crippen LogP contribution >= 0.6 is 0 Å². The van der Waals surface area contributed by atoms with Gasteiger partial charge in [0.15, 0.2) is 0 Å². The SMILES string of the molecule is Cc1cc(F)ccc1CC(N)CC(C)C. The normalized spacial score (nSPS) is 13.2. The lowest BCUT2D eigenvalue weighted by molar-refractivity contribution is 0.492. The fourth-order valence-corrected chi connectivity index (χ4v) is 1.86. The molecule has 0 bridgehead atoms. The Labute approximate surface area is 91.5 Å². The van der Waals surface area contributed by atoms with Crippen LogP contribution in [0.2, 0.25) is 0 Å². The smallest absolute Gasteiger partial charge is 0.123 e. The van der Waals surface area contributed by atoms with Crippen LogP contribution in [0.4, 0.5) is 4.39 Å². The van der Waals surface area contributed by atoms with E-state index in [9.17, 15) is 4.39 Å². The van der Waals surface area contributed by atoms with E-state index in [0.29, 0.717) is 5.92 Å². The van der Waals surface area contributed by atoms with Crippen molar-refractivity contribution in [1.29, 1.82) is 0 Å². The van der Waals surface area contributed by atoms with Crippen molar-refractivity contribution in [3.8, 4) is 0 Å². The maximum atomic E-state index is 12.9. The summed E-state index contributed by atoms with van der Waals surface area (Å²) in [7, 11) is 0. The molecule has 1 atom stereocenters. The van der Waals surface area contributed by atoms with Gasteiger partial charge in [-0.1, -0.05) is 19.9 Å². The van der Waals surface area contributed by atoms with E-state index < -0.39 is 0 Å². The van der Waals surface area contributed by atoms with Gasteiger partial charge in [0.1, 0.15) is 5.82 Å². The van der Waals surface area contributed by atoms with Gasteiger partial charge < -0.3 is 5.73 Å². The lowest BCUT2D eigenvalue weighted by Gasteiger charge is -2.15. The quantitative estimate of drug-likeness (QED) is 0.810. The first kappa shape index (κ1) is 12.2. The first-order chi connectivity index (χ1) is 6.99. The van der Waals surface area contributed by atoms with Gasteiger partial charge in [0.05, 0.1) is 0 Å². The van der Waals surface area contributed by atoms with E-state index in [4.69, 9.17) is 5.73 Å². The highest BCUT2D eigenvalue weighted by Gasteiger charge is 2.08. The van der Waals surface area contributed by atoms with Gasteiger partial charge in [-0.3, -0.25) is 0 Å². The Balaban J connectivity index is 2.64. The Morgan fingerprint density at radius 2 is 2.00 bits per heavy atom. The van der Waals surface area contributed by atoms with Crippen molar-refractivity contribution in [3.63, 3.8) is 0 Å². The predicted molar refractivity (Wildman–Crippen MR) is 62.3 cm³/mol. The van der Waals surface area contributed by atoms with Crippen molar-refractivity contribution in [1.82, 2.24) is 0 Å². The molecule has 1 aromatic rings. The van der Waals surface area contributed by atoms with Gasteiger partial charge in [0.25, 0.3) is 0 Å². The molecule has 0 aliphatic carbocycles. The molecule has 1 aromatic carbocycles. The molecule has 0 aliphatic rings. The summed E-state index contributed by atoms with van der Waals surface area (Å²) >= 11 is 0. The molecule has 0 spiro atoms. The average molecular weight is 209 g/mol. The molecular weight excluding hydrogens is 189 g/mol. The lowest BCUT2D eigenvalue weighted by atomic mass is 9.96. The third-order valence-electron chi connectivity index (χ3n) is 2.56. The zero-order valence-electron chi connectivity index (χ0n) is 9.76. The summed E-state index contributed by atoms with van der Waals surface area (Å²) in [5.74, 6) is 0.439. The summed E-state index contributed by atoms with van der Waals surface area (Å²) in [5.41, 5.74) is 8.17. The Morgan fingerprint density at radius 1 is 1.33 bits per heavy atom. The number of benzene rings is 1. The Bertz CT molecular complexity index is 320. The fourth-order valence-electron chi connectivity index (χ4n) is 1.86. The number of aryl methyl sites for hydroxylation is 1. The lowest BCUT2D eigenvalue weighted by Crippen LogP contribution is -2.25. The third kappa shape index (κ3) is 4.00. The summed E-state index contributed by atoms with van der Waals surface area (Å²) in [6.07, 6.45) is 1.85. The number of nitrogens with two attached hydrogens (primary N) is 1. The van der Waals surface area contributed by atoms with Gasteiger partial charge in [-0.05, 0) is 48.9 Å². The number of hydrogen-bond donors (Lipinski definition) is 1. The van der Waals surface area contributed by atoms with Crippen LogP contribution < -0.4 is 5.73 Å². The monoisotopic (exact) mass is 209 g/mol. The molecule has 0 saturated carbocycles. The van der Waals surface area contributed by atoms with E-state index in [2.05, 4.69) is 13.8 Å². The van der Waals surface area contributed by atoms with Gasteiger partial charge in [-0.25, -0.2) is 4.39 Å². The minimum atomic E-state index is -0.173. The average Bonchev–Trinajstić information content (AvgIpc) is 2.08. The molecule has 0 radical (unpaired) electrons. The highest BCUT2D eigenvalue weighted by molar-refractivity contribution is 5.27. The predicted octanol–water partition coefficient (Wildman–Crippen LogP) is 3.05. The summed E-state index contributed by atoms with van der Waals surface area (Å²) in [6, 6.07) is 5.08. The van der Waals surface area contributed by atoms with E-state index in [1.807, 2.05) is 13.0 Å². The maximum Gasteiger partial charge on any atom is 0.123 e. The molecule has 0 fully saturated rings. The van der Waals surface area contributed by atoms with Crippen LogP contribution in [0.1, 0.15) is 31.4 Å². The zero-order chi connectivity index (χ0) is 11.4. The largest absolute Gasteiger partial charge is 0.327 e. The summed E-state index contributed by atoms with van der Waals surface area (Å²) in [5, 5.41) is 0. The second-order valence-electron chi connectivity index (χ2n) is 4.66. The molecule has 0 heterocycles. The summed E-state index contributed by atoms with van der Waals surface area (Å²) < 4.78 is 12.9. The molecule has 0 aliphatic heterocycles. The molecule has 0 saturated heterocycles. The van der Waals surface area contributed by atoms with Gasteiger partial charge in [-0.2, -0.15) is 0 Å². The van der Waals surface area contributed by atoms with Gasteiger partial charge in [-0.15, -0.1) is 0 Å². The summed E-state index contributed by atoms with van der Waals surface area (Å²) in [4.78, 5) is 0. The van der Waals surface area contributed by atoms with Crippen molar-refractivity contribution in [2.24, 2.45) is 11.7 Å². The van der Waals surface area contributed by atoms with E-state index >= 15 is 0 Å². The van der Waals surface area contributed by atoms with Gasteiger partial charge in [0, 0.05) is 6.04 Å². The minimum Gasteiger partial charge on any atom is -0.327 e. The van der Waals surface area contributed by atoms with Crippen LogP contribution in [0, 0.1) is 18.7 Å². The molecule has 1 unspecified atom stereocenters.